The van der Waals surface area contributed by atoms with E-state index in [2.05, 4.69) is 37.2 Å². The first-order valence-corrected chi connectivity index (χ1v) is 7.00. The first kappa shape index (κ1) is 11.8. The normalized spacial score (nSPS) is 24.6. The molecule has 2 aromatic rings. The van der Waals surface area contributed by atoms with Crippen molar-refractivity contribution >= 4 is 10.9 Å². The summed E-state index contributed by atoms with van der Waals surface area (Å²) in [6.45, 7) is 4.35. The predicted octanol–water partition coefficient (Wildman–Crippen LogP) is 3.77. The van der Waals surface area contributed by atoms with Gasteiger partial charge in [0.05, 0.1) is 0 Å². The summed E-state index contributed by atoms with van der Waals surface area (Å²) in [5.74, 6) is 0.536. The summed E-state index contributed by atoms with van der Waals surface area (Å²) in [5.41, 5.74) is 11.7. The number of aryl methyl sites for hydroxylation is 2. The lowest BCUT2D eigenvalue weighted by Crippen LogP contribution is -2.31. The summed E-state index contributed by atoms with van der Waals surface area (Å²) in [6.07, 6.45) is 7.20. The summed E-state index contributed by atoms with van der Waals surface area (Å²) >= 11 is 0. The summed E-state index contributed by atoms with van der Waals surface area (Å²) in [4.78, 5) is 3.45. The van der Waals surface area contributed by atoms with Crippen molar-refractivity contribution in [2.24, 2.45) is 5.73 Å². The molecule has 1 aromatic heterocycles. The monoisotopic (exact) mass is 242 g/mol. The SMILES string of the molecule is Cc1cc(C)c2[nH]cc([C@H]3CCCC[C@@H]3N)c2c1. The molecule has 18 heavy (non-hydrogen) atoms. The van der Waals surface area contributed by atoms with Crippen molar-refractivity contribution in [3.63, 3.8) is 0 Å². The largest absolute Gasteiger partial charge is 0.361 e. The number of nitrogens with two attached hydrogens (primary N) is 1. The van der Waals surface area contributed by atoms with E-state index in [1.54, 1.807) is 0 Å². The summed E-state index contributed by atoms with van der Waals surface area (Å²) in [5, 5.41) is 1.38. The highest BCUT2D eigenvalue weighted by molar-refractivity contribution is 5.87. The van der Waals surface area contributed by atoms with Gasteiger partial charge < -0.3 is 10.7 Å². The second kappa shape index (κ2) is 4.43. The third-order valence-electron chi connectivity index (χ3n) is 4.38. The molecule has 0 radical (unpaired) electrons. The van der Waals surface area contributed by atoms with Crippen molar-refractivity contribution in [3.05, 3.63) is 35.0 Å². The summed E-state index contributed by atoms with van der Waals surface area (Å²) in [7, 11) is 0. The lowest BCUT2D eigenvalue weighted by molar-refractivity contribution is 0.387. The topological polar surface area (TPSA) is 41.8 Å². The summed E-state index contributed by atoms with van der Waals surface area (Å²) < 4.78 is 0. The van der Waals surface area contributed by atoms with Crippen LogP contribution in [0.5, 0.6) is 0 Å². The molecular weight excluding hydrogens is 220 g/mol. The molecule has 1 fully saturated rings. The Labute approximate surface area is 109 Å². The number of aromatic nitrogens is 1. The zero-order chi connectivity index (χ0) is 12.7. The molecule has 0 spiro atoms. The predicted molar refractivity (Wildman–Crippen MR) is 77.0 cm³/mol. The molecule has 96 valence electrons. The van der Waals surface area contributed by atoms with E-state index < -0.39 is 0 Å². The van der Waals surface area contributed by atoms with Gasteiger partial charge in [0, 0.05) is 29.1 Å². The Hall–Kier alpha value is -1.28. The Morgan fingerprint density at radius 3 is 2.72 bits per heavy atom. The van der Waals surface area contributed by atoms with Crippen LogP contribution in [0, 0.1) is 13.8 Å². The number of nitrogens with one attached hydrogen (secondary N) is 1. The zero-order valence-electron chi connectivity index (χ0n) is 11.3. The second-order valence-corrected chi connectivity index (χ2v) is 5.80. The van der Waals surface area contributed by atoms with Crippen LogP contribution in [0.4, 0.5) is 0 Å². The number of hydrogen-bond donors (Lipinski definition) is 2. The third-order valence-corrected chi connectivity index (χ3v) is 4.38. The maximum absolute atomic E-state index is 6.32. The number of benzene rings is 1. The molecular formula is C16H22N2. The van der Waals surface area contributed by atoms with Crippen LogP contribution < -0.4 is 5.73 Å². The molecule has 1 saturated carbocycles. The van der Waals surface area contributed by atoms with Gasteiger partial charge in [0.15, 0.2) is 0 Å². The lowest BCUT2D eigenvalue weighted by Gasteiger charge is -2.28. The molecule has 1 aliphatic rings. The van der Waals surface area contributed by atoms with Crippen molar-refractivity contribution in [3.8, 4) is 0 Å². The van der Waals surface area contributed by atoms with Crippen LogP contribution in [0.3, 0.4) is 0 Å². The fourth-order valence-corrected chi connectivity index (χ4v) is 3.47. The molecule has 3 N–H and O–H groups in total. The molecule has 2 atom stereocenters. The third kappa shape index (κ3) is 1.85. The van der Waals surface area contributed by atoms with Crippen molar-refractivity contribution in [1.29, 1.82) is 0 Å². The summed E-state index contributed by atoms with van der Waals surface area (Å²) in [6, 6.07) is 4.87. The van der Waals surface area contributed by atoms with Crippen LogP contribution in [0.15, 0.2) is 18.3 Å². The van der Waals surface area contributed by atoms with Gasteiger partial charge in [0.25, 0.3) is 0 Å². The van der Waals surface area contributed by atoms with Crippen molar-refractivity contribution in [1.82, 2.24) is 4.98 Å². The average molecular weight is 242 g/mol. The molecule has 2 nitrogen and oxygen atoms in total. The smallest absolute Gasteiger partial charge is 0.0486 e. The van der Waals surface area contributed by atoms with Crippen molar-refractivity contribution < 1.29 is 0 Å². The minimum Gasteiger partial charge on any atom is -0.361 e. The zero-order valence-corrected chi connectivity index (χ0v) is 11.3. The van der Waals surface area contributed by atoms with Gasteiger partial charge in [-0.15, -0.1) is 0 Å². The van der Waals surface area contributed by atoms with Gasteiger partial charge in [0.2, 0.25) is 0 Å². The highest BCUT2D eigenvalue weighted by Crippen LogP contribution is 2.36. The highest BCUT2D eigenvalue weighted by atomic mass is 14.7. The molecule has 0 bridgehead atoms. The van der Waals surface area contributed by atoms with E-state index in [9.17, 15) is 0 Å². The van der Waals surface area contributed by atoms with E-state index in [0.29, 0.717) is 12.0 Å². The van der Waals surface area contributed by atoms with E-state index in [0.717, 1.165) is 0 Å². The minimum atomic E-state index is 0.332. The number of rotatable bonds is 1. The van der Waals surface area contributed by atoms with Gasteiger partial charge in [-0.3, -0.25) is 0 Å². The van der Waals surface area contributed by atoms with Crippen molar-refractivity contribution in [2.75, 3.05) is 0 Å². The first-order valence-electron chi connectivity index (χ1n) is 7.00. The standard InChI is InChI=1S/C16H22N2/c1-10-7-11(2)16-13(8-10)14(9-18-16)12-5-3-4-6-15(12)17/h7-9,12,15,18H,3-6,17H2,1-2H3/t12-,15+/m1/s1. The van der Waals surface area contributed by atoms with Gasteiger partial charge in [-0.1, -0.05) is 24.5 Å². The van der Waals surface area contributed by atoms with Crippen molar-refractivity contribution in [2.45, 2.75) is 51.5 Å². The maximum Gasteiger partial charge on any atom is 0.0486 e. The Bertz CT molecular complexity index is 568. The van der Waals surface area contributed by atoms with Crippen LogP contribution in [-0.4, -0.2) is 11.0 Å². The molecule has 0 unspecified atom stereocenters. The van der Waals surface area contributed by atoms with Gasteiger partial charge >= 0.3 is 0 Å². The van der Waals surface area contributed by atoms with Gasteiger partial charge in [-0.2, -0.15) is 0 Å². The van der Waals surface area contributed by atoms with E-state index in [4.69, 9.17) is 5.73 Å². The van der Waals surface area contributed by atoms with Gasteiger partial charge in [-0.05, 0) is 43.9 Å². The fraction of sp³-hybridized carbons (Fsp3) is 0.500. The van der Waals surface area contributed by atoms with E-state index in [-0.39, 0.29) is 0 Å². The van der Waals surface area contributed by atoms with Gasteiger partial charge in [0.1, 0.15) is 0 Å². The van der Waals surface area contributed by atoms with E-state index in [1.165, 1.54) is 53.3 Å². The van der Waals surface area contributed by atoms with Crippen LogP contribution in [0.2, 0.25) is 0 Å². The molecule has 3 rings (SSSR count). The molecule has 0 amide bonds. The van der Waals surface area contributed by atoms with Crippen LogP contribution in [-0.2, 0) is 0 Å². The second-order valence-electron chi connectivity index (χ2n) is 5.80. The molecule has 1 aromatic carbocycles. The Kier molecular flexibility index (Phi) is 2.90. The van der Waals surface area contributed by atoms with Crippen LogP contribution >= 0.6 is 0 Å². The maximum atomic E-state index is 6.32. The van der Waals surface area contributed by atoms with E-state index in [1.807, 2.05) is 0 Å². The minimum absolute atomic E-state index is 0.332. The number of fused-ring (bicyclic) bond motifs is 1. The Morgan fingerprint density at radius 2 is 1.94 bits per heavy atom. The number of aromatic amines is 1. The Balaban J connectivity index is 2.11. The average Bonchev–Trinajstić information content (AvgIpc) is 2.73. The van der Waals surface area contributed by atoms with Crippen LogP contribution in [0.1, 0.15) is 48.3 Å². The number of hydrogen-bond acceptors (Lipinski definition) is 1. The molecule has 0 saturated heterocycles. The number of H-pyrrole nitrogens is 1. The van der Waals surface area contributed by atoms with Crippen LogP contribution in [0.25, 0.3) is 10.9 Å². The molecule has 1 aliphatic carbocycles. The highest BCUT2D eigenvalue weighted by Gasteiger charge is 2.25. The molecule has 2 heteroatoms. The molecule has 1 heterocycles. The lowest BCUT2D eigenvalue weighted by atomic mass is 9.80. The quantitative estimate of drug-likeness (QED) is 0.785. The Morgan fingerprint density at radius 1 is 1.17 bits per heavy atom. The van der Waals surface area contributed by atoms with Gasteiger partial charge in [-0.25, -0.2) is 0 Å². The van der Waals surface area contributed by atoms with E-state index >= 15 is 0 Å². The fourth-order valence-electron chi connectivity index (χ4n) is 3.47. The molecule has 0 aliphatic heterocycles. The first-order chi connectivity index (χ1) is 8.66.